The number of carbonyl (C=O) groups excluding carboxylic acids is 1. The summed E-state index contributed by atoms with van der Waals surface area (Å²) in [5.74, 6) is 0.226. The van der Waals surface area contributed by atoms with Crippen molar-refractivity contribution in [1.29, 1.82) is 0 Å². The molecule has 2 aromatic carbocycles. The van der Waals surface area contributed by atoms with Gasteiger partial charge in [0.05, 0.1) is 7.11 Å². The molecule has 3 nitrogen and oxygen atoms in total. The van der Waals surface area contributed by atoms with Gasteiger partial charge in [-0.2, -0.15) is 0 Å². The summed E-state index contributed by atoms with van der Waals surface area (Å²) in [4.78, 5) is 11.8. The fourth-order valence-electron chi connectivity index (χ4n) is 1.64. The van der Waals surface area contributed by atoms with Gasteiger partial charge in [-0.25, -0.2) is 4.79 Å². The average Bonchev–Trinajstić information content (AvgIpc) is 2.47. The number of hydrogen-bond donors (Lipinski definition) is 0. The molecule has 1 unspecified atom stereocenters. The first-order valence-electron chi connectivity index (χ1n) is 5.75. The minimum atomic E-state index is -0.744. The van der Waals surface area contributed by atoms with Crippen molar-refractivity contribution in [3.05, 3.63) is 63.7 Å². The third kappa shape index (κ3) is 3.70. The van der Waals surface area contributed by atoms with E-state index < -0.39 is 12.1 Å². The lowest BCUT2D eigenvalue weighted by Crippen LogP contribution is -2.20. The Balaban J connectivity index is 2.24. The molecule has 0 bridgehead atoms. The highest BCUT2D eigenvalue weighted by molar-refractivity contribution is 14.1. The van der Waals surface area contributed by atoms with Crippen LogP contribution in [0, 0.1) is 3.57 Å². The van der Waals surface area contributed by atoms with E-state index in [1.54, 1.807) is 0 Å². The normalized spacial score (nSPS) is 11.7. The van der Waals surface area contributed by atoms with Crippen LogP contribution in [0.3, 0.4) is 0 Å². The predicted octanol–water partition coefficient (Wildman–Crippen LogP) is 3.58. The Morgan fingerprint density at radius 2 is 1.68 bits per heavy atom. The molecule has 0 aliphatic carbocycles. The van der Waals surface area contributed by atoms with Crippen LogP contribution in [-0.2, 0) is 9.53 Å². The second-order valence-electron chi connectivity index (χ2n) is 3.89. The predicted molar refractivity (Wildman–Crippen MR) is 81.0 cm³/mol. The Bertz CT molecular complexity index is 537. The standard InChI is InChI=1S/C15H13IO3/c1-18-15(17)14(11-5-3-2-4-6-11)19-13-9-7-12(16)8-10-13/h2-10,14H,1H3. The summed E-state index contributed by atoms with van der Waals surface area (Å²) in [6, 6.07) is 16.8. The third-order valence-corrected chi connectivity index (χ3v) is 3.30. The first-order chi connectivity index (χ1) is 9.20. The van der Waals surface area contributed by atoms with Crippen LogP contribution in [0.4, 0.5) is 0 Å². The number of carbonyl (C=O) groups is 1. The smallest absolute Gasteiger partial charge is 0.351 e. The van der Waals surface area contributed by atoms with Crippen molar-refractivity contribution in [3.63, 3.8) is 0 Å². The fourth-order valence-corrected chi connectivity index (χ4v) is 2.00. The lowest BCUT2D eigenvalue weighted by molar-refractivity contribution is -0.149. The quantitative estimate of drug-likeness (QED) is 0.611. The molecule has 98 valence electrons. The van der Waals surface area contributed by atoms with Crippen molar-refractivity contribution < 1.29 is 14.3 Å². The van der Waals surface area contributed by atoms with Gasteiger partial charge in [-0.3, -0.25) is 0 Å². The van der Waals surface area contributed by atoms with Crippen LogP contribution in [0.1, 0.15) is 11.7 Å². The molecule has 0 saturated carbocycles. The van der Waals surface area contributed by atoms with Gasteiger partial charge < -0.3 is 9.47 Å². The van der Waals surface area contributed by atoms with Crippen LogP contribution in [-0.4, -0.2) is 13.1 Å². The summed E-state index contributed by atoms with van der Waals surface area (Å²) in [5.41, 5.74) is 0.771. The molecule has 0 heterocycles. The molecule has 0 aliphatic rings. The summed E-state index contributed by atoms with van der Waals surface area (Å²) in [6.45, 7) is 0. The van der Waals surface area contributed by atoms with Gasteiger partial charge in [0.2, 0.25) is 6.10 Å². The first-order valence-corrected chi connectivity index (χ1v) is 6.83. The summed E-state index contributed by atoms with van der Waals surface area (Å²) in [7, 11) is 1.36. The summed E-state index contributed by atoms with van der Waals surface area (Å²) < 4.78 is 11.6. The molecule has 2 aromatic rings. The minimum Gasteiger partial charge on any atom is -0.474 e. The summed E-state index contributed by atoms with van der Waals surface area (Å²) in [5, 5.41) is 0. The maximum atomic E-state index is 11.8. The van der Waals surface area contributed by atoms with E-state index in [1.807, 2.05) is 54.6 Å². The highest BCUT2D eigenvalue weighted by atomic mass is 127. The monoisotopic (exact) mass is 368 g/mol. The number of benzene rings is 2. The molecular weight excluding hydrogens is 355 g/mol. The molecule has 19 heavy (non-hydrogen) atoms. The molecule has 0 aromatic heterocycles. The molecule has 0 saturated heterocycles. The Labute approximate surface area is 125 Å². The topological polar surface area (TPSA) is 35.5 Å². The molecule has 0 amide bonds. The van der Waals surface area contributed by atoms with E-state index in [1.165, 1.54) is 7.11 Å². The maximum absolute atomic E-state index is 11.8. The number of methoxy groups -OCH3 is 1. The lowest BCUT2D eigenvalue weighted by Gasteiger charge is -2.17. The largest absolute Gasteiger partial charge is 0.474 e. The molecule has 0 aliphatic heterocycles. The van der Waals surface area contributed by atoms with Gasteiger partial charge in [-0.1, -0.05) is 30.3 Å². The highest BCUT2D eigenvalue weighted by Gasteiger charge is 2.23. The van der Waals surface area contributed by atoms with Crippen LogP contribution in [0.15, 0.2) is 54.6 Å². The van der Waals surface area contributed by atoms with Crippen LogP contribution in [0.2, 0.25) is 0 Å². The van der Waals surface area contributed by atoms with Crippen molar-refractivity contribution in [3.8, 4) is 5.75 Å². The van der Waals surface area contributed by atoms with Crippen molar-refractivity contribution in [1.82, 2.24) is 0 Å². The molecule has 4 heteroatoms. The van der Waals surface area contributed by atoms with E-state index in [4.69, 9.17) is 9.47 Å². The number of esters is 1. The van der Waals surface area contributed by atoms with Crippen LogP contribution >= 0.6 is 22.6 Å². The Kier molecular flexibility index (Phi) is 4.79. The van der Waals surface area contributed by atoms with E-state index in [0.29, 0.717) is 5.75 Å². The second kappa shape index (κ2) is 6.56. The van der Waals surface area contributed by atoms with Gasteiger partial charge in [0.25, 0.3) is 0 Å². The van der Waals surface area contributed by atoms with E-state index >= 15 is 0 Å². The molecule has 0 radical (unpaired) electrons. The highest BCUT2D eigenvalue weighted by Crippen LogP contribution is 2.23. The fraction of sp³-hybridized carbons (Fsp3) is 0.133. The molecule has 1 atom stereocenters. The van der Waals surface area contributed by atoms with E-state index in [9.17, 15) is 4.79 Å². The molecular formula is C15H13IO3. The van der Waals surface area contributed by atoms with Crippen molar-refractivity contribution >= 4 is 28.6 Å². The van der Waals surface area contributed by atoms with Gasteiger partial charge in [-0.05, 0) is 46.9 Å². The SMILES string of the molecule is COC(=O)C(Oc1ccc(I)cc1)c1ccccc1. The zero-order valence-corrected chi connectivity index (χ0v) is 12.5. The number of rotatable bonds is 4. The molecule has 0 N–H and O–H groups in total. The number of ether oxygens (including phenoxy) is 2. The van der Waals surface area contributed by atoms with Crippen molar-refractivity contribution in [2.45, 2.75) is 6.10 Å². The van der Waals surface area contributed by atoms with Crippen LogP contribution < -0.4 is 4.74 Å². The zero-order valence-electron chi connectivity index (χ0n) is 10.4. The van der Waals surface area contributed by atoms with Crippen LogP contribution in [0.25, 0.3) is 0 Å². The van der Waals surface area contributed by atoms with Gasteiger partial charge >= 0.3 is 5.97 Å². The Morgan fingerprint density at radius 1 is 1.05 bits per heavy atom. The second-order valence-corrected chi connectivity index (χ2v) is 5.13. The number of halogens is 1. The summed E-state index contributed by atoms with van der Waals surface area (Å²) >= 11 is 2.22. The van der Waals surface area contributed by atoms with E-state index in [0.717, 1.165) is 9.13 Å². The molecule has 2 rings (SSSR count). The van der Waals surface area contributed by atoms with Gasteiger partial charge in [0.1, 0.15) is 5.75 Å². The van der Waals surface area contributed by atoms with Crippen molar-refractivity contribution in [2.75, 3.05) is 7.11 Å². The zero-order chi connectivity index (χ0) is 13.7. The maximum Gasteiger partial charge on any atom is 0.351 e. The minimum absolute atomic E-state index is 0.412. The Hall–Kier alpha value is -1.56. The Morgan fingerprint density at radius 3 is 2.26 bits per heavy atom. The van der Waals surface area contributed by atoms with Gasteiger partial charge in [0, 0.05) is 9.13 Å². The van der Waals surface area contributed by atoms with Crippen molar-refractivity contribution in [2.24, 2.45) is 0 Å². The van der Waals surface area contributed by atoms with E-state index in [-0.39, 0.29) is 0 Å². The average molecular weight is 368 g/mol. The lowest BCUT2D eigenvalue weighted by atomic mass is 10.1. The third-order valence-electron chi connectivity index (χ3n) is 2.59. The van der Waals surface area contributed by atoms with Gasteiger partial charge in [-0.15, -0.1) is 0 Å². The van der Waals surface area contributed by atoms with Gasteiger partial charge in [0.15, 0.2) is 0 Å². The summed E-state index contributed by atoms with van der Waals surface area (Å²) in [6.07, 6.45) is -0.744. The van der Waals surface area contributed by atoms with E-state index in [2.05, 4.69) is 22.6 Å². The molecule has 0 fully saturated rings. The molecule has 0 spiro atoms. The first kappa shape index (κ1) is 13.9. The number of hydrogen-bond acceptors (Lipinski definition) is 3. The van der Waals surface area contributed by atoms with Crippen LogP contribution in [0.5, 0.6) is 5.75 Å².